The minimum absolute atomic E-state index is 0. The van der Waals surface area contributed by atoms with Gasteiger partial charge in [-0.25, -0.2) is 0 Å². The Labute approximate surface area is 103 Å². The number of hydrogen-bond acceptors (Lipinski definition) is 2. The van der Waals surface area contributed by atoms with Crippen molar-refractivity contribution in [2.24, 2.45) is 0 Å². The summed E-state index contributed by atoms with van der Waals surface area (Å²) in [6.45, 7) is 2.59. The summed E-state index contributed by atoms with van der Waals surface area (Å²) in [6, 6.07) is 0. The van der Waals surface area contributed by atoms with E-state index in [9.17, 15) is 4.57 Å². The van der Waals surface area contributed by atoms with Gasteiger partial charge in [0.05, 0.1) is 0 Å². The van der Waals surface area contributed by atoms with E-state index in [2.05, 4.69) is 11.4 Å². The van der Waals surface area contributed by atoms with Crippen LogP contribution in [-0.4, -0.2) is 41.1 Å². The van der Waals surface area contributed by atoms with Gasteiger partial charge in [0, 0.05) is 34.1 Å². The Bertz CT molecular complexity index is 122. The van der Waals surface area contributed by atoms with Crippen LogP contribution in [0.3, 0.4) is 0 Å². The number of unbranched alkanes of at least 4 members (excludes halogenated alkanes) is 5. The molecule has 1 N–H and O–H groups in total. The molecule has 5 heteroatoms. The standard InChI is InChI=1S/C8H17O3P.Na/c1-2-3-4-5-6-7-8-11-12(9)10;/h2-8H2,1H3;/p+1. The van der Waals surface area contributed by atoms with Crippen LogP contribution in [0.15, 0.2) is 0 Å². The molecule has 0 fully saturated rings. The van der Waals surface area contributed by atoms with E-state index >= 15 is 0 Å². The van der Waals surface area contributed by atoms with Gasteiger partial charge < -0.3 is 0 Å². The molecule has 0 aromatic carbocycles. The predicted molar refractivity (Wildman–Crippen MR) is 54.9 cm³/mol. The average Bonchev–Trinajstić information content (AvgIpc) is 2.02. The van der Waals surface area contributed by atoms with Crippen molar-refractivity contribution in [2.75, 3.05) is 6.61 Å². The van der Waals surface area contributed by atoms with Crippen LogP contribution in [0.5, 0.6) is 0 Å². The zero-order chi connectivity index (χ0) is 9.23. The van der Waals surface area contributed by atoms with Crippen LogP contribution in [0.2, 0.25) is 0 Å². The molecule has 0 aromatic heterocycles. The van der Waals surface area contributed by atoms with E-state index in [0.717, 1.165) is 12.8 Å². The van der Waals surface area contributed by atoms with Gasteiger partial charge in [0.2, 0.25) is 0 Å². The van der Waals surface area contributed by atoms with Crippen molar-refractivity contribution in [3.8, 4) is 0 Å². The Morgan fingerprint density at radius 1 is 1.15 bits per heavy atom. The van der Waals surface area contributed by atoms with Crippen LogP contribution in [-0.2, 0) is 9.09 Å². The fraction of sp³-hybridized carbons (Fsp3) is 1.00. The molecule has 1 atom stereocenters. The molecule has 1 radical (unpaired) electrons. The summed E-state index contributed by atoms with van der Waals surface area (Å²) in [5, 5.41) is 0. The van der Waals surface area contributed by atoms with Crippen molar-refractivity contribution in [2.45, 2.75) is 45.4 Å². The zero-order valence-electron chi connectivity index (χ0n) is 8.66. The third kappa shape index (κ3) is 15.7. The molecule has 3 nitrogen and oxygen atoms in total. The van der Waals surface area contributed by atoms with Crippen molar-refractivity contribution in [3.05, 3.63) is 0 Å². The predicted octanol–water partition coefficient (Wildman–Crippen LogP) is 2.63. The quantitative estimate of drug-likeness (QED) is 0.385. The van der Waals surface area contributed by atoms with Gasteiger partial charge in [0.25, 0.3) is 0 Å². The summed E-state index contributed by atoms with van der Waals surface area (Å²) < 4.78 is 14.6. The van der Waals surface area contributed by atoms with Gasteiger partial charge in [-0.2, -0.15) is 0 Å². The van der Waals surface area contributed by atoms with Crippen molar-refractivity contribution in [1.29, 1.82) is 0 Å². The normalized spacial score (nSPS) is 10.8. The molecule has 13 heavy (non-hydrogen) atoms. The van der Waals surface area contributed by atoms with E-state index in [0.29, 0.717) is 6.61 Å². The van der Waals surface area contributed by atoms with Crippen molar-refractivity contribution in [3.63, 3.8) is 0 Å². The number of rotatable bonds is 8. The van der Waals surface area contributed by atoms with Crippen LogP contribution in [0, 0.1) is 0 Å². The van der Waals surface area contributed by atoms with Crippen LogP contribution >= 0.6 is 8.25 Å². The molecule has 0 aliphatic carbocycles. The molecule has 0 spiro atoms. The van der Waals surface area contributed by atoms with Gasteiger partial charge >= 0.3 is 8.25 Å². The van der Waals surface area contributed by atoms with Gasteiger partial charge in [0.1, 0.15) is 6.61 Å². The molecular weight excluding hydrogens is 198 g/mol. The van der Waals surface area contributed by atoms with Crippen molar-refractivity contribution >= 4 is 37.8 Å². The van der Waals surface area contributed by atoms with Gasteiger partial charge in [0.15, 0.2) is 0 Å². The minimum atomic E-state index is -2.38. The Kier molecular flexibility index (Phi) is 16.5. The van der Waals surface area contributed by atoms with E-state index in [1.807, 2.05) is 0 Å². The molecule has 0 bridgehead atoms. The molecule has 73 valence electrons. The molecule has 0 heterocycles. The molecule has 0 aliphatic rings. The first-order valence-electron chi connectivity index (χ1n) is 4.56. The Hall–Kier alpha value is 1.02. The second-order valence-electron chi connectivity index (χ2n) is 2.84. The topological polar surface area (TPSA) is 46.5 Å². The summed E-state index contributed by atoms with van der Waals surface area (Å²) in [6.07, 6.45) is 7.00. The van der Waals surface area contributed by atoms with E-state index < -0.39 is 8.25 Å². The Morgan fingerprint density at radius 2 is 1.69 bits per heavy atom. The van der Waals surface area contributed by atoms with Gasteiger partial charge in [-0.3, -0.25) is 0 Å². The van der Waals surface area contributed by atoms with E-state index in [-0.39, 0.29) is 29.6 Å². The van der Waals surface area contributed by atoms with Gasteiger partial charge in [-0.05, 0) is 6.42 Å². The summed E-state index contributed by atoms with van der Waals surface area (Å²) in [4.78, 5) is 8.28. The third-order valence-corrected chi connectivity index (χ3v) is 2.10. The summed E-state index contributed by atoms with van der Waals surface area (Å²) in [5.74, 6) is 0. The average molecular weight is 216 g/mol. The van der Waals surface area contributed by atoms with Crippen LogP contribution in [0.25, 0.3) is 0 Å². The van der Waals surface area contributed by atoms with E-state index in [1.165, 1.54) is 25.7 Å². The first kappa shape index (κ1) is 16.4. The minimum Gasteiger partial charge on any atom is -0.133 e. The molecule has 0 amide bonds. The van der Waals surface area contributed by atoms with Crippen molar-refractivity contribution < 1.29 is 14.0 Å². The number of hydrogen-bond donors (Lipinski definition) is 1. The monoisotopic (exact) mass is 216 g/mol. The Balaban J connectivity index is 0. The van der Waals surface area contributed by atoms with Gasteiger partial charge in [-0.15, -0.1) is 9.42 Å². The van der Waals surface area contributed by atoms with Crippen LogP contribution in [0.1, 0.15) is 45.4 Å². The van der Waals surface area contributed by atoms with E-state index in [4.69, 9.17) is 4.89 Å². The molecule has 1 unspecified atom stereocenters. The van der Waals surface area contributed by atoms with E-state index in [1.54, 1.807) is 0 Å². The molecule has 0 rings (SSSR count). The molecule has 0 saturated carbocycles. The SMILES string of the molecule is CCCCCCCCO[P+](=O)O.[Na]. The summed E-state index contributed by atoms with van der Waals surface area (Å²) in [7, 11) is -2.38. The Morgan fingerprint density at radius 3 is 2.23 bits per heavy atom. The zero-order valence-corrected chi connectivity index (χ0v) is 11.6. The second kappa shape index (κ2) is 13.0. The van der Waals surface area contributed by atoms with Crippen molar-refractivity contribution in [1.82, 2.24) is 0 Å². The smallest absolute Gasteiger partial charge is 0.133 e. The maximum absolute atomic E-state index is 10.1. The largest absolute Gasteiger partial charge is 0.694 e. The first-order valence-corrected chi connectivity index (χ1v) is 5.69. The van der Waals surface area contributed by atoms with Crippen LogP contribution in [0.4, 0.5) is 0 Å². The molecule has 0 aliphatic heterocycles. The second-order valence-corrected chi connectivity index (χ2v) is 3.57. The van der Waals surface area contributed by atoms with Gasteiger partial charge in [-0.1, -0.05) is 39.0 Å². The fourth-order valence-corrected chi connectivity index (χ4v) is 1.31. The summed E-state index contributed by atoms with van der Waals surface area (Å²) in [5.41, 5.74) is 0. The third-order valence-electron chi connectivity index (χ3n) is 1.70. The molecule has 0 aromatic rings. The molecular formula is C8H18NaO3P+. The maximum Gasteiger partial charge on any atom is 0.694 e. The fourth-order valence-electron chi connectivity index (χ4n) is 1.03. The van der Waals surface area contributed by atoms with Crippen LogP contribution < -0.4 is 0 Å². The maximum atomic E-state index is 10.1. The molecule has 0 saturated heterocycles. The first-order chi connectivity index (χ1) is 5.77. The summed E-state index contributed by atoms with van der Waals surface area (Å²) >= 11 is 0.